The lowest BCUT2D eigenvalue weighted by Crippen LogP contribution is -2.44. The molecule has 2 unspecified atom stereocenters. The van der Waals surface area contributed by atoms with Crippen molar-refractivity contribution in [1.82, 2.24) is 30.1 Å². The van der Waals surface area contributed by atoms with E-state index in [1.165, 1.54) is 16.1 Å². The molecule has 3 aromatic rings. The van der Waals surface area contributed by atoms with Crippen LogP contribution in [0.25, 0.3) is 16.3 Å². The van der Waals surface area contributed by atoms with E-state index >= 15 is 0 Å². The van der Waals surface area contributed by atoms with Crippen LogP contribution in [-0.4, -0.2) is 60.4 Å². The van der Waals surface area contributed by atoms with Gasteiger partial charge in [-0.15, -0.1) is 5.10 Å². The Morgan fingerprint density at radius 1 is 1.18 bits per heavy atom. The molecule has 0 saturated carbocycles. The minimum absolute atomic E-state index is 0.108. The number of hydrogen-bond acceptors (Lipinski definition) is 8. The molecule has 4 heterocycles. The number of phenolic OH excluding ortho intramolecular Hbond substituents is 1. The monoisotopic (exact) mass is 396 g/mol. The number of piperidine rings is 1. The number of nitrogens with zero attached hydrogens (tertiary/aromatic N) is 6. The van der Waals surface area contributed by atoms with Crippen LogP contribution in [0, 0.1) is 6.92 Å². The van der Waals surface area contributed by atoms with Gasteiger partial charge in [0.05, 0.1) is 23.1 Å². The normalized spacial score (nSPS) is 24.0. The van der Waals surface area contributed by atoms with Gasteiger partial charge in [-0.1, -0.05) is 28.6 Å². The third kappa shape index (κ3) is 3.06. The second-order valence-corrected chi connectivity index (χ2v) is 8.19. The van der Waals surface area contributed by atoms with Crippen molar-refractivity contribution in [3.8, 4) is 27.2 Å². The Balaban J connectivity index is 1.32. The number of phenols is 1. The molecule has 0 spiro atoms. The van der Waals surface area contributed by atoms with E-state index in [4.69, 9.17) is 4.74 Å². The molecule has 144 valence electrons. The fourth-order valence-corrected chi connectivity index (χ4v) is 4.59. The van der Waals surface area contributed by atoms with E-state index in [0.717, 1.165) is 18.5 Å². The van der Waals surface area contributed by atoms with Gasteiger partial charge >= 0.3 is 0 Å². The molecule has 1 aromatic carbocycles. The van der Waals surface area contributed by atoms with Gasteiger partial charge in [0, 0.05) is 31.0 Å². The highest BCUT2D eigenvalue weighted by atomic mass is 32.1. The summed E-state index contributed by atoms with van der Waals surface area (Å²) in [4.78, 5) is 3.86. The summed E-state index contributed by atoms with van der Waals surface area (Å²) in [5.74, 6) is 0.108. The molecule has 1 N–H and O–H groups in total. The largest absolute Gasteiger partial charge is 0.507 e. The predicted molar refractivity (Wildman–Crippen MR) is 105 cm³/mol. The first-order chi connectivity index (χ1) is 13.6. The molecule has 0 radical (unpaired) electrons. The van der Waals surface area contributed by atoms with E-state index in [1.807, 2.05) is 13.0 Å². The molecule has 8 nitrogen and oxygen atoms in total. The van der Waals surface area contributed by atoms with Gasteiger partial charge in [0.1, 0.15) is 11.9 Å². The zero-order valence-corrected chi connectivity index (χ0v) is 16.4. The zero-order valence-electron chi connectivity index (χ0n) is 15.6. The number of fused-ring (bicyclic) bond motifs is 2. The quantitative estimate of drug-likeness (QED) is 0.678. The average molecular weight is 396 g/mol. The van der Waals surface area contributed by atoms with Crippen molar-refractivity contribution in [3.63, 3.8) is 0 Å². The van der Waals surface area contributed by atoms with Gasteiger partial charge in [0.15, 0.2) is 5.01 Å². The SMILES string of the molecule is Cc1cnn(-c2ccc(-c3nnc(OC4CC5C=CC(C4)N5C)s3)c(O)c2)n1. The third-order valence-electron chi connectivity index (χ3n) is 5.33. The lowest BCUT2D eigenvalue weighted by atomic mass is 10.00. The fourth-order valence-electron chi connectivity index (χ4n) is 3.79. The molecule has 2 aliphatic heterocycles. The summed E-state index contributed by atoms with van der Waals surface area (Å²) >= 11 is 1.35. The molecule has 2 aromatic heterocycles. The van der Waals surface area contributed by atoms with Crippen molar-refractivity contribution < 1.29 is 9.84 Å². The van der Waals surface area contributed by atoms with Gasteiger partial charge in [-0.3, -0.25) is 4.90 Å². The van der Waals surface area contributed by atoms with E-state index in [0.29, 0.717) is 33.5 Å². The minimum atomic E-state index is 0.108. The first-order valence-electron chi connectivity index (χ1n) is 9.20. The molecule has 2 aliphatic rings. The van der Waals surface area contributed by atoms with E-state index in [2.05, 4.69) is 44.5 Å². The van der Waals surface area contributed by atoms with Crippen LogP contribution < -0.4 is 4.74 Å². The van der Waals surface area contributed by atoms with Crippen LogP contribution in [0.15, 0.2) is 36.5 Å². The van der Waals surface area contributed by atoms with Gasteiger partial charge in [-0.05, 0) is 26.1 Å². The van der Waals surface area contributed by atoms with Crippen LogP contribution in [0.3, 0.4) is 0 Å². The van der Waals surface area contributed by atoms with Crippen molar-refractivity contribution in [2.45, 2.75) is 38.0 Å². The molecule has 5 rings (SSSR count). The maximum absolute atomic E-state index is 10.5. The van der Waals surface area contributed by atoms with Crippen molar-refractivity contribution in [3.05, 3.63) is 42.2 Å². The van der Waals surface area contributed by atoms with E-state index in [9.17, 15) is 5.11 Å². The first kappa shape index (κ1) is 17.3. The Kier molecular flexibility index (Phi) is 4.13. The summed E-state index contributed by atoms with van der Waals surface area (Å²) in [5.41, 5.74) is 2.11. The lowest BCUT2D eigenvalue weighted by Gasteiger charge is -2.35. The van der Waals surface area contributed by atoms with Gasteiger partial charge in [-0.25, -0.2) is 0 Å². The second-order valence-electron chi connectivity index (χ2n) is 7.25. The number of aromatic nitrogens is 5. The molecule has 0 amide bonds. The Hall–Kier alpha value is -2.78. The topological polar surface area (TPSA) is 89.2 Å². The number of hydrogen-bond donors (Lipinski definition) is 1. The van der Waals surface area contributed by atoms with Crippen molar-refractivity contribution in [2.24, 2.45) is 0 Å². The number of likely N-dealkylation sites (N-methyl/N-ethyl adjacent to an activating group) is 1. The van der Waals surface area contributed by atoms with Crippen molar-refractivity contribution in [1.29, 1.82) is 0 Å². The Labute approximate surface area is 166 Å². The molecule has 28 heavy (non-hydrogen) atoms. The van der Waals surface area contributed by atoms with Crippen LogP contribution in [0.4, 0.5) is 0 Å². The van der Waals surface area contributed by atoms with E-state index in [1.54, 1.807) is 18.3 Å². The van der Waals surface area contributed by atoms with Crippen LogP contribution in [0.5, 0.6) is 10.9 Å². The van der Waals surface area contributed by atoms with Crippen LogP contribution in [-0.2, 0) is 0 Å². The van der Waals surface area contributed by atoms with Gasteiger partial charge in [-0.2, -0.15) is 15.0 Å². The summed E-state index contributed by atoms with van der Waals surface area (Å²) in [6.45, 7) is 1.87. The average Bonchev–Trinajstić information content (AvgIpc) is 3.35. The molecule has 2 atom stereocenters. The van der Waals surface area contributed by atoms with Crippen molar-refractivity contribution >= 4 is 11.3 Å². The standard InChI is InChI=1S/C19H20N6O2S/c1-11-10-20-25(23-11)14-5-6-16(17(26)9-14)18-21-22-19(28-18)27-15-7-12-3-4-13(8-15)24(12)2/h3-6,9-10,12-13,15,26H,7-8H2,1-2H3. The molecular formula is C19H20N6O2S. The Morgan fingerprint density at radius 3 is 2.64 bits per heavy atom. The summed E-state index contributed by atoms with van der Waals surface area (Å²) < 4.78 is 6.09. The van der Waals surface area contributed by atoms with Crippen molar-refractivity contribution in [2.75, 3.05) is 7.05 Å². The smallest absolute Gasteiger partial charge is 0.294 e. The Bertz CT molecular complexity index is 1030. The highest BCUT2D eigenvalue weighted by Crippen LogP contribution is 2.37. The molecule has 1 saturated heterocycles. The maximum atomic E-state index is 10.5. The highest BCUT2D eigenvalue weighted by molar-refractivity contribution is 7.16. The van der Waals surface area contributed by atoms with E-state index in [-0.39, 0.29) is 11.9 Å². The number of ether oxygens (including phenoxy) is 1. The summed E-state index contributed by atoms with van der Waals surface area (Å²) in [6.07, 6.45) is 8.23. The van der Waals surface area contributed by atoms with Gasteiger partial charge in [0.25, 0.3) is 5.19 Å². The van der Waals surface area contributed by atoms with Crippen LogP contribution >= 0.6 is 11.3 Å². The first-order valence-corrected chi connectivity index (χ1v) is 10.0. The van der Waals surface area contributed by atoms with Crippen LogP contribution in [0.2, 0.25) is 0 Å². The maximum Gasteiger partial charge on any atom is 0.294 e. The van der Waals surface area contributed by atoms with Gasteiger partial charge < -0.3 is 9.84 Å². The zero-order chi connectivity index (χ0) is 19.3. The lowest BCUT2D eigenvalue weighted by molar-refractivity contribution is 0.0744. The van der Waals surface area contributed by atoms with E-state index < -0.39 is 0 Å². The predicted octanol–water partition coefficient (Wildman–Crippen LogP) is 2.58. The minimum Gasteiger partial charge on any atom is -0.507 e. The summed E-state index contributed by atoms with van der Waals surface area (Å²) in [6, 6.07) is 6.14. The number of aromatic hydroxyl groups is 1. The molecule has 9 heteroatoms. The molecule has 2 bridgehead atoms. The molecule has 1 fully saturated rings. The number of benzene rings is 1. The molecule has 0 aliphatic carbocycles. The van der Waals surface area contributed by atoms with Crippen LogP contribution in [0.1, 0.15) is 18.5 Å². The summed E-state index contributed by atoms with van der Waals surface area (Å²) in [5, 5.41) is 28.4. The Morgan fingerprint density at radius 2 is 1.96 bits per heavy atom. The number of aryl methyl sites for hydroxylation is 1. The third-order valence-corrected chi connectivity index (χ3v) is 6.18. The fraction of sp³-hybridized carbons (Fsp3) is 0.368. The summed E-state index contributed by atoms with van der Waals surface area (Å²) in [7, 11) is 2.15. The van der Waals surface area contributed by atoms with Gasteiger partial charge in [0.2, 0.25) is 0 Å². The second kappa shape index (κ2) is 6.68. The highest BCUT2D eigenvalue weighted by Gasteiger charge is 2.36. The number of rotatable bonds is 4. The molecular weight excluding hydrogens is 376 g/mol.